The highest BCUT2D eigenvalue weighted by Crippen LogP contribution is 2.17. The molecule has 8 nitrogen and oxygen atoms in total. The number of nitrogens with one attached hydrogen (secondary N) is 1. The third-order valence-corrected chi connectivity index (χ3v) is 3.80. The Morgan fingerprint density at radius 3 is 2.62 bits per heavy atom. The Morgan fingerprint density at radius 2 is 2.00 bits per heavy atom. The van der Waals surface area contributed by atoms with E-state index in [0.717, 1.165) is 5.69 Å². The predicted octanol–water partition coefficient (Wildman–Crippen LogP) is 2.62. The lowest BCUT2D eigenvalue weighted by Crippen LogP contribution is -2.20. The first kappa shape index (κ1) is 19.7. The van der Waals surface area contributed by atoms with E-state index in [1.54, 1.807) is 41.3 Å². The molecule has 0 radical (unpaired) electrons. The Hall–Kier alpha value is -4.04. The van der Waals surface area contributed by atoms with Crippen LogP contribution < -0.4 is 5.32 Å². The fourth-order valence-corrected chi connectivity index (χ4v) is 2.32. The lowest BCUT2D eigenvalue weighted by molar-refractivity contribution is 0.105. The molecule has 3 rings (SSSR count). The average molecular weight is 385 g/mol. The maximum absolute atomic E-state index is 12.4. The van der Waals surface area contributed by atoms with Gasteiger partial charge in [0.25, 0.3) is 0 Å². The van der Waals surface area contributed by atoms with Crippen molar-refractivity contribution in [1.29, 1.82) is 5.26 Å². The van der Waals surface area contributed by atoms with Crippen LogP contribution >= 0.6 is 0 Å². The van der Waals surface area contributed by atoms with Gasteiger partial charge in [-0.25, -0.2) is 14.6 Å². The molecule has 0 atom stereocenters. The zero-order valence-corrected chi connectivity index (χ0v) is 16.3. The number of carbonyl (C=O) groups is 1. The highest BCUT2D eigenvalue weighted by molar-refractivity contribution is 6.09. The molecule has 0 aliphatic carbocycles. The van der Waals surface area contributed by atoms with E-state index in [2.05, 4.69) is 58.2 Å². The van der Waals surface area contributed by atoms with E-state index >= 15 is 0 Å². The van der Waals surface area contributed by atoms with Gasteiger partial charge < -0.3 is 5.32 Å². The molecule has 29 heavy (non-hydrogen) atoms. The van der Waals surface area contributed by atoms with Crippen LogP contribution in [0, 0.1) is 28.6 Å². The number of Topliss-reactive ketones (excluding diaryl/α,β-unsaturated/α-hetero) is 1. The summed E-state index contributed by atoms with van der Waals surface area (Å²) in [5.74, 6) is 5.58. The number of carbonyl (C=O) groups excluding carboxylic acids is 1. The van der Waals surface area contributed by atoms with Crippen molar-refractivity contribution in [3.05, 3.63) is 59.8 Å². The van der Waals surface area contributed by atoms with Crippen molar-refractivity contribution in [2.45, 2.75) is 20.8 Å². The summed E-state index contributed by atoms with van der Waals surface area (Å²) in [6.07, 6.45) is 4.74. The summed E-state index contributed by atoms with van der Waals surface area (Å²) in [5.41, 5.74) is 1.71. The van der Waals surface area contributed by atoms with Crippen molar-refractivity contribution in [2.75, 3.05) is 11.9 Å². The fraction of sp³-hybridized carbons (Fsp3) is 0.238. The second-order valence-corrected chi connectivity index (χ2v) is 7.46. The van der Waals surface area contributed by atoms with Crippen LogP contribution in [0.2, 0.25) is 0 Å². The topological polar surface area (TPSA) is 109 Å². The minimum atomic E-state index is -0.332. The van der Waals surface area contributed by atoms with Gasteiger partial charge in [-0.2, -0.15) is 5.26 Å². The molecule has 1 N–H and O–H groups in total. The summed E-state index contributed by atoms with van der Waals surface area (Å²) < 4.78 is 1.60. The number of hydrogen-bond acceptors (Lipinski definition) is 7. The van der Waals surface area contributed by atoms with E-state index in [0.29, 0.717) is 23.5 Å². The molecule has 2 aromatic heterocycles. The number of benzene rings is 1. The molecule has 8 heteroatoms. The number of hydrogen-bond donors (Lipinski definition) is 1. The van der Waals surface area contributed by atoms with Crippen molar-refractivity contribution in [2.24, 2.45) is 5.41 Å². The van der Waals surface area contributed by atoms with Gasteiger partial charge in [0.2, 0.25) is 11.6 Å². The molecular weight excluding hydrogens is 366 g/mol. The van der Waals surface area contributed by atoms with Gasteiger partial charge in [-0.1, -0.05) is 31.9 Å². The van der Waals surface area contributed by atoms with Crippen molar-refractivity contribution in [1.82, 2.24) is 25.0 Å². The van der Waals surface area contributed by atoms with Gasteiger partial charge in [0, 0.05) is 18.3 Å². The van der Waals surface area contributed by atoms with E-state index in [-0.39, 0.29) is 17.0 Å². The average Bonchev–Trinajstić information content (AvgIpc) is 3.25. The summed E-state index contributed by atoms with van der Waals surface area (Å²) in [5, 5.41) is 19.9. The molecule has 0 unspecified atom stereocenters. The Labute approximate surface area is 168 Å². The Kier molecular flexibility index (Phi) is 5.66. The zero-order valence-electron chi connectivity index (χ0n) is 16.3. The van der Waals surface area contributed by atoms with E-state index < -0.39 is 0 Å². The number of nitrogens with zero attached hydrogens (tertiary/aromatic N) is 6. The van der Waals surface area contributed by atoms with E-state index in [9.17, 15) is 4.79 Å². The predicted molar refractivity (Wildman–Crippen MR) is 107 cm³/mol. The highest BCUT2D eigenvalue weighted by atomic mass is 16.1. The van der Waals surface area contributed by atoms with Gasteiger partial charge in [0.1, 0.15) is 11.9 Å². The summed E-state index contributed by atoms with van der Waals surface area (Å²) in [6.45, 7) is 6.85. The maximum atomic E-state index is 12.4. The molecule has 0 bridgehead atoms. The zero-order chi connectivity index (χ0) is 20.9. The maximum Gasteiger partial charge on any atom is 0.236 e. The fourth-order valence-electron chi connectivity index (χ4n) is 2.32. The lowest BCUT2D eigenvalue weighted by Gasteiger charge is -2.19. The van der Waals surface area contributed by atoms with Crippen LogP contribution in [0.5, 0.6) is 0 Å². The first-order chi connectivity index (χ1) is 13.9. The number of nitriles is 1. The van der Waals surface area contributed by atoms with E-state index in [1.165, 1.54) is 6.20 Å². The summed E-state index contributed by atoms with van der Waals surface area (Å²) in [7, 11) is 0. The molecule has 0 amide bonds. The van der Waals surface area contributed by atoms with Gasteiger partial charge in [-0.05, 0) is 35.6 Å². The van der Waals surface area contributed by atoms with Crippen molar-refractivity contribution < 1.29 is 4.79 Å². The second-order valence-electron chi connectivity index (χ2n) is 7.46. The Morgan fingerprint density at radius 1 is 1.24 bits per heavy atom. The lowest BCUT2D eigenvalue weighted by atomic mass is 9.97. The molecule has 3 aromatic rings. The highest BCUT2D eigenvalue weighted by Gasteiger charge is 2.13. The standard InChI is InChI=1S/C21H19N7O/c1-21(2,3)14-24-20-16(13-23-19(12-22)26-20)6-9-18(29)15-4-7-17(8-5-15)28-11-10-25-27-28/h4-5,7-8,10-11,13H,14H2,1-3H3,(H,23,24,26). The van der Waals surface area contributed by atoms with E-state index in [4.69, 9.17) is 5.26 Å². The summed E-state index contributed by atoms with van der Waals surface area (Å²) >= 11 is 0. The van der Waals surface area contributed by atoms with Gasteiger partial charge in [-0.3, -0.25) is 4.79 Å². The molecule has 0 fully saturated rings. The quantitative estimate of drug-likeness (QED) is 0.543. The third-order valence-electron chi connectivity index (χ3n) is 3.80. The first-order valence-corrected chi connectivity index (χ1v) is 8.90. The molecule has 0 aliphatic rings. The second kappa shape index (κ2) is 8.32. The largest absolute Gasteiger partial charge is 0.368 e. The molecule has 0 spiro atoms. The molecule has 144 valence electrons. The number of anilines is 1. The monoisotopic (exact) mass is 385 g/mol. The van der Waals surface area contributed by atoms with Crippen LogP contribution in [0.1, 0.15) is 42.5 Å². The number of aromatic nitrogens is 5. The van der Waals surface area contributed by atoms with Crippen molar-refractivity contribution in [3.8, 4) is 23.6 Å². The minimum Gasteiger partial charge on any atom is -0.368 e. The van der Waals surface area contributed by atoms with Crippen LogP contribution in [0.3, 0.4) is 0 Å². The first-order valence-electron chi connectivity index (χ1n) is 8.90. The normalized spacial score (nSPS) is 10.6. The van der Waals surface area contributed by atoms with Crippen molar-refractivity contribution >= 4 is 11.6 Å². The van der Waals surface area contributed by atoms with Crippen LogP contribution in [0.25, 0.3) is 5.69 Å². The molecule has 1 aromatic carbocycles. The Balaban J connectivity index is 1.81. The molecule has 0 aliphatic heterocycles. The van der Waals surface area contributed by atoms with E-state index in [1.807, 2.05) is 6.07 Å². The van der Waals surface area contributed by atoms with Gasteiger partial charge in [0.15, 0.2) is 0 Å². The van der Waals surface area contributed by atoms with Crippen LogP contribution in [0.15, 0.2) is 42.9 Å². The van der Waals surface area contributed by atoms with Crippen LogP contribution in [0.4, 0.5) is 5.82 Å². The number of ketones is 1. The minimum absolute atomic E-state index is 0.00408. The molecular formula is C21H19N7O. The van der Waals surface area contributed by atoms with Gasteiger partial charge in [-0.15, -0.1) is 5.10 Å². The smallest absolute Gasteiger partial charge is 0.236 e. The molecule has 0 saturated carbocycles. The number of rotatable bonds is 4. The summed E-state index contributed by atoms with van der Waals surface area (Å²) in [6, 6.07) is 8.81. The van der Waals surface area contributed by atoms with Gasteiger partial charge >= 0.3 is 0 Å². The van der Waals surface area contributed by atoms with Crippen LogP contribution in [-0.4, -0.2) is 37.3 Å². The Bertz CT molecular complexity index is 1110. The molecule has 2 heterocycles. The summed E-state index contributed by atoms with van der Waals surface area (Å²) in [4.78, 5) is 20.6. The molecule has 0 saturated heterocycles. The van der Waals surface area contributed by atoms with Crippen LogP contribution in [-0.2, 0) is 0 Å². The third kappa shape index (κ3) is 5.24. The van der Waals surface area contributed by atoms with Gasteiger partial charge in [0.05, 0.1) is 23.6 Å². The SMILES string of the molecule is CC(C)(C)CNc1nc(C#N)ncc1C#CC(=O)c1ccc(-n2ccnn2)cc1. The van der Waals surface area contributed by atoms with Crippen molar-refractivity contribution in [3.63, 3.8) is 0 Å².